The number of halogens is 1. The van der Waals surface area contributed by atoms with E-state index in [1.54, 1.807) is 12.1 Å². The molecule has 0 fully saturated rings. The standard InChI is InChI=1S/C18H20FNO/c1-2-9-20-18(14-4-3-5-16(19)12-14)15-6-7-17-13(11-15)8-10-21-17/h3-7,11-12,18,20H,2,8-10H2,1H3. The third-order valence-corrected chi connectivity index (χ3v) is 3.83. The van der Waals surface area contributed by atoms with Crippen LogP contribution in [-0.2, 0) is 6.42 Å². The van der Waals surface area contributed by atoms with Crippen molar-refractivity contribution in [2.45, 2.75) is 25.8 Å². The van der Waals surface area contributed by atoms with E-state index >= 15 is 0 Å². The van der Waals surface area contributed by atoms with E-state index in [9.17, 15) is 4.39 Å². The van der Waals surface area contributed by atoms with Gasteiger partial charge in [0, 0.05) is 6.42 Å². The van der Waals surface area contributed by atoms with Crippen LogP contribution in [0.3, 0.4) is 0 Å². The smallest absolute Gasteiger partial charge is 0.123 e. The van der Waals surface area contributed by atoms with Gasteiger partial charge in [-0.2, -0.15) is 0 Å². The zero-order valence-corrected chi connectivity index (χ0v) is 12.2. The molecule has 0 radical (unpaired) electrons. The fourth-order valence-electron chi connectivity index (χ4n) is 2.79. The molecule has 110 valence electrons. The normalized spacial score (nSPS) is 14.6. The van der Waals surface area contributed by atoms with E-state index in [1.165, 1.54) is 17.2 Å². The largest absolute Gasteiger partial charge is 0.493 e. The first-order chi connectivity index (χ1) is 10.3. The van der Waals surface area contributed by atoms with Crippen molar-refractivity contribution in [2.24, 2.45) is 0 Å². The van der Waals surface area contributed by atoms with Crippen molar-refractivity contribution in [1.29, 1.82) is 0 Å². The SMILES string of the molecule is CCCNC(c1cccc(F)c1)c1ccc2c(c1)CCO2. The summed E-state index contributed by atoms with van der Waals surface area (Å²) in [5.41, 5.74) is 3.37. The summed E-state index contributed by atoms with van der Waals surface area (Å²) in [6.07, 6.45) is 1.99. The van der Waals surface area contributed by atoms with Crippen LogP contribution in [0.5, 0.6) is 5.75 Å². The second-order valence-electron chi connectivity index (χ2n) is 5.41. The van der Waals surface area contributed by atoms with Crippen LogP contribution in [-0.4, -0.2) is 13.2 Å². The average Bonchev–Trinajstić information content (AvgIpc) is 2.95. The van der Waals surface area contributed by atoms with Crippen molar-refractivity contribution in [3.63, 3.8) is 0 Å². The van der Waals surface area contributed by atoms with Crippen LogP contribution in [0.1, 0.15) is 36.1 Å². The molecule has 1 unspecified atom stereocenters. The Morgan fingerprint density at radius 2 is 2.05 bits per heavy atom. The maximum Gasteiger partial charge on any atom is 0.123 e. The first-order valence-corrected chi connectivity index (χ1v) is 7.52. The number of rotatable bonds is 5. The lowest BCUT2D eigenvalue weighted by Crippen LogP contribution is -2.23. The van der Waals surface area contributed by atoms with Crippen molar-refractivity contribution in [1.82, 2.24) is 5.32 Å². The Hall–Kier alpha value is -1.87. The summed E-state index contributed by atoms with van der Waals surface area (Å²) in [7, 11) is 0. The molecule has 2 nitrogen and oxygen atoms in total. The van der Waals surface area contributed by atoms with Gasteiger partial charge < -0.3 is 10.1 Å². The van der Waals surface area contributed by atoms with Crippen LogP contribution < -0.4 is 10.1 Å². The van der Waals surface area contributed by atoms with Gasteiger partial charge in [0.15, 0.2) is 0 Å². The van der Waals surface area contributed by atoms with Crippen LogP contribution >= 0.6 is 0 Å². The summed E-state index contributed by atoms with van der Waals surface area (Å²) in [5, 5.41) is 3.51. The molecule has 0 aliphatic carbocycles. The van der Waals surface area contributed by atoms with E-state index in [0.717, 1.165) is 37.3 Å². The summed E-state index contributed by atoms with van der Waals surface area (Å²) in [5.74, 6) is 0.785. The molecule has 1 aliphatic heterocycles. The van der Waals surface area contributed by atoms with Gasteiger partial charge in [0.2, 0.25) is 0 Å². The van der Waals surface area contributed by atoms with Crippen molar-refractivity contribution in [2.75, 3.05) is 13.2 Å². The van der Waals surface area contributed by atoms with Crippen LogP contribution in [0.15, 0.2) is 42.5 Å². The molecule has 1 heterocycles. The van der Waals surface area contributed by atoms with E-state index in [0.29, 0.717) is 0 Å². The molecule has 2 aromatic rings. The topological polar surface area (TPSA) is 21.3 Å². The molecule has 3 rings (SSSR count). The van der Waals surface area contributed by atoms with Gasteiger partial charge in [-0.1, -0.05) is 31.2 Å². The predicted octanol–water partition coefficient (Wildman–Crippen LogP) is 3.85. The molecule has 1 atom stereocenters. The van der Waals surface area contributed by atoms with Crippen LogP contribution in [0.2, 0.25) is 0 Å². The van der Waals surface area contributed by atoms with Gasteiger partial charge in [-0.3, -0.25) is 0 Å². The van der Waals surface area contributed by atoms with Gasteiger partial charge in [-0.15, -0.1) is 0 Å². The second-order valence-corrected chi connectivity index (χ2v) is 5.41. The molecule has 21 heavy (non-hydrogen) atoms. The molecule has 1 aliphatic rings. The summed E-state index contributed by atoms with van der Waals surface area (Å²) in [6.45, 7) is 3.78. The Bertz CT molecular complexity index is 626. The molecule has 2 aromatic carbocycles. The summed E-state index contributed by atoms with van der Waals surface area (Å²) < 4.78 is 19.1. The van der Waals surface area contributed by atoms with Crippen molar-refractivity contribution in [3.05, 3.63) is 65.0 Å². The zero-order valence-electron chi connectivity index (χ0n) is 12.2. The molecule has 0 aromatic heterocycles. The monoisotopic (exact) mass is 285 g/mol. The first-order valence-electron chi connectivity index (χ1n) is 7.52. The molecular formula is C18H20FNO. The fourth-order valence-corrected chi connectivity index (χ4v) is 2.79. The van der Waals surface area contributed by atoms with E-state index in [1.807, 2.05) is 12.1 Å². The summed E-state index contributed by atoms with van der Waals surface area (Å²) in [6, 6.07) is 13.1. The fraction of sp³-hybridized carbons (Fsp3) is 0.333. The third kappa shape index (κ3) is 3.08. The highest BCUT2D eigenvalue weighted by Crippen LogP contribution is 2.30. The predicted molar refractivity (Wildman–Crippen MR) is 82.2 cm³/mol. The minimum Gasteiger partial charge on any atom is -0.493 e. The number of nitrogens with one attached hydrogen (secondary N) is 1. The molecule has 0 saturated carbocycles. The van der Waals surface area contributed by atoms with Crippen molar-refractivity contribution in [3.8, 4) is 5.75 Å². The van der Waals surface area contributed by atoms with Crippen molar-refractivity contribution < 1.29 is 9.13 Å². The highest BCUT2D eigenvalue weighted by Gasteiger charge is 2.18. The summed E-state index contributed by atoms with van der Waals surface area (Å²) in [4.78, 5) is 0. The van der Waals surface area contributed by atoms with Gasteiger partial charge in [-0.25, -0.2) is 4.39 Å². The molecule has 1 N–H and O–H groups in total. The van der Waals surface area contributed by atoms with Crippen LogP contribution in [0, 0.1) is 5.82 Å². The van der Waals surface area contributed by atoms with E-state index in [4.69, 9.17) is 4.74 Å². The molecule has 0 spiro atoms. The lowest BCUT2D eigenvalue weighted by molar-refractivity contribution is 0.357. The van der Waals surface area contributed by atoms with E-state index in [2.05, 4.69) is 24.4 Å². The van der Waals surface area contributed by atoms with Crippen LogP contribution in [0.4, 0.5) is 4.39 Å². The Balaban J connectivity index is 1.95. The van der Waals surface area contributed by atoms with Gasteiger partial charge in [-0.05, 0) is 47.9 Å². The Kier molecular flexibility index (Phi) is 4.20. The molecule has 3 heteroatoms. The van der Waals surface area contributed by atoms with E-state index < -0.39 is 0 Å². The Morgan fingerprint density at radius 1 is 1.19 bits per heavy atom. The van der Waals surface area contributed by atoms with Gasteiger partial charge >= 0.3 is 0 Å². The highest BCUT2D eigenvalue weighted by molar-refractivity contribution is 5.43. The lowest BCUT2D eigenvalue weighted by Gasteiger charge is -2.20. The maximum absolute atomic E-state index is 13.5. The highest BCUT2D eigenvalue weighted by atomic mass is 19.1. The van der Waals surface area contributed by atoms with Gasteiger partial charge in [0.05, 0.1) is 12.6 Å². The van der Waals surface area contributed by atoms with Gasteiger partial charge in [0.25, 0.3) is 0 Å². The quantitative estimate of drug-likeness (QED) is 0.901. The number of ether oxygens (including phenoxy) is 1. The Labute approximate surface area is 125 Å². The Morgan fingerprint density at radius 3 is 2.86 bits per heavy atom. The lowest BCUT2D eigenvalue weighted by atomic mass is 9.96. The third-order valence-electron chi connectivity index (χ3n) is 3.83. The van der Waals surface area contributed by atoms with Gasteiger partial charge in [0.1, 0.15) is 11.6 Å². The van der Waals surface area contributed by atoms with Crippen molar-refractivity contribution >= 4 is 0 Å². The first kappa shape index (κ1) is 14.1. The number of benzene rings is 2. The number of hydrogen-bond donors (Lipinski definition) is 1. The summed E-state index contributed by atoms with van der Waals surface area (Å²) >= 11 is 0. The molecule has 0 saturated heterocycles. The average molecular weight is 285 g/mol. The number of fused-ring (bicyclic) bond motifs is 1. The second kappa shape index (κ2) is 6.27. The molecule has 0 amide bonds. The minimum atomic E-state index is -0.194. The molecular weight excluding hydrogens is 265 g/mol. The zero-order chi connectivity index (χ0) is 14.7. The number of hydrogen-bond acceptors (Lipinski definition) is 2. The van der Waals surface area contributed by atoms with Crippen LogP contribution in [0.25, 0.3) is 0 Å². The molecule has 0 bridgehead atoms. The van der Waals surface area contributed by atoms with E-state index in [-0.39, 0.29) is 11.9 Å². The maximum atomic E-state index is 13.5. The minimum absolute atomic E-state index is 0.0200.